The van der Waals surface area contributed by atoms with E-state index in [-0.39, 0.29) is 5.56 Å². The number of hydrogen-bond acceptors (Lipinski definition) is 2. The van der Waals surface area contributed by atoms with Crippen molar-refractivity contribution in [1.29, 1.82) is 0 Å². The Labute approximate surface area is 154 Å². The van der Waals surface area contributed by atoms with E-state index < -0.39 is 35.7 Å². The minimum atomic E-state index is -1.18. The van der Waals surface area contributed by atoms with Crippen LogP contribution in [0.25, 0.3) is 10.9 Å². The molecule has 0 aliphatic carbocycles. The van der Waals surface area contributed by atoms with Gasteiger partial charge in [0, 0.05) is 29.6 Å². The van der Waals surface area contributed by atoms with Gasteiger partial charge in [0.15, 0.2) is 5.78 Å². The highest BCUT2D eigenvalue weighted by atomic mass is 19.1. The monoisotopic (exact) mass is 371 g/mol. The summed E-state index contributed by atoms with van der Waals surface area (Å²) in [5.41, 5.74) is 2.08. The Morgan fingerprint density at radius 2 is 1.93 bits per heavy atom. The molecule has 1 aromatic heterocycles. The van der Waals surface area contributed by atoms with E-state index in [2.05, 4.69) is 11.9 Å². The van der Waals surface area contributed by atoms with Gasteiger partial charge in [-0.2, -0.15) is 0 Å². The molecule has 0 fully saturated rings. The van der Waals surface area contributed by atoms with Crippen LogP contribution in [0, 0.1) is 11.6 Å². The molecule has 0 saturated carbocycles. The van der Waals surface area contributed by atoms with E-state index in [0.717, 1.165) is 41.4 Å². The van der Waals surface area contributed by atoms with E-state index in [1.165, 1.54) is 0 Å². The summed E-state index contributed by atoms with van der Waals surface area (Å²) in [6.07, 6.45) is 3.07. The third-order valence-corrected chi connectivity index (χ3v) is 4.61. The van der Waals surface area contributed by atoms with Gasteiger partial charge < -0.3 is 10.1 Å². The lowest BCUT2D eigenvalue weighted by Crippen LogP contribution is -2.17. The van der Waals surface area contributed by atoms with Crippen LogP contribution in [-0.2, 0) is 11.2 Å². The Morgan fingerprint density at radius 1 is 1.15 bits per heavy atom. The summed E-state index contributed by atoms with van der Waals surface area (Å²) in [6.45, 7) is 2.07. The van der Waals surface area contributed by atoms with E-state index in [0.29, 0.717) is 11.6 Å². The molecule has 3 rings (SSSR count). The number of aromatic nitrogens is 1. The van der Waals surface area contributed by atoms with Gasteiger partial charge in [-0.1, -0.05) is 25.5 Å². The summed E-state index contributed by atoms with van der Waals surface area (Å²) >= 11 is 0. The van der Waals surface area contributed by atoms with Crippen LogP contribution >= 0.6 is 0 Å². The molecule has 6 heteroatoms. The lowest BCUT2D eigenvalue weighted by molar-refractivity contribution is -0.138. The van der Waals surface area contributed by atoms with Gasteiger partial charge in [-0.25, -0.2) is 8.78 Å². The maximum Gasteiger partial charge on any atom is 0.311 e. The van der Waals surface area contributed by atoms with Crippen LogP contribution in [0.15, 0.2) is 42.6 Å². The Hall–Kier alpha value is -3.02. The van der Waals surface area contributed by atoms with E-state index in [4.69, 9.17) is 0 Å². The maximum atomic E-state index is 13.9. The molecule has 0 saturated heterocycles. The van der Waals surface area contributed by atoms with Crippen molar-refractivity contribution in [3.63, 3.8) is 0 Å². The standard InChI is InChI=1S/C21H19F2NO3/c1-2-3-12-4-6-14-17(11-24-19(14)8-12)16(21(26)27)10-20(25)15-7-5-13(22)9-18(15)23/h4-9,11,16,24H,2-3,10H2,1H3,(H,26,27). The van der Waals surface area contributed by atoms with Crippen molar-refractivity contribution >= 4 is 22.7 Å². The van der Waals surface area contributed by atoms with Crippen molar-refractivity contribution in [3.05, 3.63) is 70.9 Å². The lowest BCUT2D eigenvalue weighted by atomic mass is 9.91. The predicted octanol–water partition coefficient (Wildman–Crippen LogP) is 4.84. The number of Topliss-reactive ketones (excluding diaryl/α,β-unsaturated/α-hetero) is 1. The third-order valence-electron chi connectivity index (χ3n) is 4.61. The molecule has 140 valence electrons. The molecule has 1 unspecified atom stereocenters. The van der Waals surface area contributed by atoms with Gasteiger partial charge >= 0.3 is 5.97 Å². The largest absolute Gasteiger partial charge is 0.481 e. The number of ketones is 1. The van der Waals surface area contributed by atoms with Gasteiger partial charge in [-0.05, 0) is 35.7 Å². The van der Waals surface area contributed by atoms with Crippen molar-refractivity contribution in [1.82, 2.24) is 4.98 Å². The highest BCUT2D eigenvalue weighted by Crippen LogP contribution is 2.30. The first kappa shape index (κ1) is 18.8. The Bertz CT molecular complexity index is 1010. The fourth-order valence-corrected chi connectivity index (χ4v) is 3.27. The van der Waals surface area contributed by atoms with Crippen LogP contribution in [0.2, 0.25) is 0 Å². The molecule has 1 heterocycles. The molecular formula is C21H19F2NO3. The minimum Gasteiger partial charge on any atom is -0.481 e. The number of benzene rings is 2. The Morgan fingerprint density at radius 3 is 2.59 bits per heavy atom. The van der Waals surface area contributed by atoms with Crippen molar-refractivity contribution in [2.45, 2.75) is 32.1 Å². The van der Waals surface area contributed by atoms with Gasteiger partial charge in [0.1, 0.15) is 11.6 Å². The molecule has 2 aromatic carbocycles. The molecule has 27 heavy (non-hydrogen) atoms. The van der Waals surface area contributed by atoms with Crippen molar-refractivity contribution in [2.24, 2.45) is 0 Å². The van der Waals surface area contributed by atoms with Gasteiger partial charge in [-0.3, -0.25) is 9.59 Å². The topological polar surface area (TPSA) is 70.2 Å². The minimum absolute atomic E-state index is 0.312. The van der Waals surface area contributed by atoms with Crippen molar-refractivity contribution in [3.8, 4) is 0 Å². The molecule has 0 amide bonds. The van der Waals surface area contributed by atoms with Crippen LogP contribution in [0.5, 0.6) is 0 Å². The lowest BCUT2D eigenvalue weighted by Gasteiger charge is -2.12. The van der Waals surface area contributed by atoms with E-state index in [9.17, 15) is 23.5 Å². The van der Waals surface area contributed by atoms with E-state index in [1.54, 1.807) is 6.20 Å². The number of halogens is 2. The first-order valence-corrected chi connectivity index (χ1v) is 8.71. The highest BCUT2D eigenvalue weighted by molar-refractivity contribution is 6.00. The van der Waals surface area contributed by atoms with Crippen LogP contribution in [-0.4, -0.2) is 21.8 Å². The van der Waals surface area contributed by atoms with Crippen molar-refractivity contribution in [2.75, 3.05) is 0 Å². The van der Waals surface area contributed by atoms with E-state index in [1.807, 2.05) is 18.2 Å². The number of hydrogen-bond donors (Lipinski definition) is 2. The summed E-state index contributed by atoms with van der Waals surface area (Å²) in [5, 5.41) is 10.3. The second kappa shape index (κ2) is 7.70. The van der Waals surface area contributed by atoms with Gasteiger partial charge in [-0.15, -0.1) is 0 Å². The molecule has 4 nitrogen and oxygen atoms in total. The zero-order chi connectivity index (χ0) is 19.6. The summed E-state index contributed by atoms with van der Waals surface area (Å²) in [5.74, 6) is -4.78. The average molecular weight is 371 g/mol. The second-order valence-electron chi connectivity index (χ2n) is 6.52. The highest BCUT2D eigenvalue weighted by Gasteiger charge is 2.27. The smallest absolute Gasteiger partial charge is 0.311 e. The third kappa shape index (κ3) is 3.89. The summed E-state index contributed by atoms with van der Waals surface area (Å²) < 4.78 is 26.9. The summed E-state index contributed by atoms with van der Waals surface area (Å²) in [7, 11) is 0. The normalized spacial score (nSPS) is 12.3. The Balaban J connectivity index is 1.93. The number of carboxylic acid groups (broad SMARTS) is 1. The number of aryl methyl sites for hydroxylation is 1. The van der Waals surface area contributed by atoms with Crippen LogP contribution < -0.4 is 0 Å². The van der Waals surface area contributed by atoms with E-state index >= 15 is 0 Å². The fourth-order valence-electron chi connectivity index (χ4n) is 3.27. The molecule has 0 radical (unpaired) electrons. The second-order valence-corrected chi connectivity index (χ2v) is 6.52. The number of H-pyrrole nitrogens is 1. The van der Waals surface area contributed by atoms with Crippen LogP contribution in [0.4, 0.5) is 8.78 Å². The molecular weight excluding hydrogens is 352 g/mol. The zero-order valence-electron chi connectivity index (χ0n) is 14.8. The zero-order valence-corrected chi connectivity index (χ0v) is 14.8. The predicted molar refractivity (Wildman–Crippen MR) is 98.0 cm³/mol. The SMILES string of the molecule is CCCc1ccc2c(C(CC(=O)c3ccc(F)cc3F)C(=O)O)c[nH]c2c1. The van der Waals surface area contributed by atoms with Crippen LogP contribution in [0.1, 0.15) is 47.2 Å². The number of rotatable bonds is 7. The van der Waals surface area contributed by atoms with Crippen molar-refractivity contribution < 1.29 is 23.5 Å². The van der Waals surface area contributed by atoms with Gasteiger partial charge in [0.05, 0.1) is 11.5 Å². The molecule has 0 spiro atoms. The Kier molecular flexibility index (Phi) is 5.35. The fraction of sp³-hybridized carbons (Fsp3) is 0.238. The number of carbonyl (C=O) groups is 2. The van der Waals surface area contributed by atoms with Gasteiger partial charge in [0.2, 0.25) is 0 Å². The summed E-state index contributed by atoms with van der Waals surface area (Å²) in [6, 6.07) is 8.37. The molecule has 2 N–H and O–H groups in total. The van der Waals surface area contributed by atoms with Crippen LogP contribution in [0.3, 0.4) is 0 Å². The number of aromatic amines is 1. The number of nitrogens with one attached hydrogen (secondary N) is 1. The maximum absolute atomic E-state index is 13.9. The molecule has 0 aliphatic heterocycles. The molecule has 0 bridgehead atoms. The quantitative estimate of drug-likeness (QED) is 0.584. The number of carbonyl (C=O) groups excluding carboxylic acids is 1. The average Bonchev–Trinajstić information content (AvgIpc) is 3.02. The summed E-state index contributed by atoms with van der Waals surface area (Å²) in [4.78, 5) is 27.3. The number of aliphatic carboxylic acids is 1. The first-order chi connectivity index (χ1) is 12.9. The molecule has 1 atom stereocenters. The number of carboxylic acids is 1. The number of fused-ring (bicyclic) bond motifs is 1. The first-order valence-electron chi connectivity index (χ1n) is 8.71. The molecule has 3 aromatic rings. The van der Waals surface area contributed by atoms with Gasteiger partial charge in [0.25, 0.3) is 0 Å². The molecule has 0 aliphatic rings.